The molecule has 1 fully saturated rings. The van der Waals surface area contributed by atoms with Crippen LogP contribution in [0.25, 0.3) is 6.08 Å². The van der Waals surface area contributed by atoms with E-state index in [1.54, 1.807) is 11.9 Å². The van der Waals surface area contributed by atoms with E-state index in [0.29, 0.717) is 16.7 Å². The number of aliphatic imine (C=N–C) groups is 1. The van der Waals surface area contributed by atoms with E-state index in [0.717, 1.165) is 17.0 Å². The molecule has 0 saturated carbocycles. The number of carbonyl (C=O) groups is 1. The highest BCUT2D eigenvalue weighted by molar-refractivity contribution is 8.18. The molecule has 0 unspecified atom stereocenters. The van der Waals surface area contributed by atoms with Gasteiger partial charge in [-0.25, -0.2) is 4.99 Å². The molecular weight excluding hydrogens is 344 g/mol. The number of rotatable bonds is 4. The number of ether oxygens (including phenoxy) is 1. The van der Waals surface area contributed by atoms with E-state index in [1.807, 2.05) is 55.5 Å². The minimum absolute atomic E-state index is 0.0357. The lowest BCUT2D eigenvalue weighted by atomic mass is 10.1. The summed E-state index contributed by atoms with van der Waals surface area (Å²) in [5.74, 6) is 0.792. The predicted molar refractivity (Wildman–Crippen MR) is 109 cm³/mol. The fourth-order valence-corrected chi connectivity index (χ4v) is 3.52. The monoisotopic (exact) mass is 366 g/mol. The third-order valence-electron chi connectivity index (χ3n) is 4.21. The predicted octanol–water partition coefficient (Wildman–Crippen LogP) is 4.94. The molecule has 3 rings (SSSR count). The summed E-state index contributed by atoms with van der Waals surface area (Å²) in [6.45, 7) is 6.73. The molecule has 1 amide bonds. The Morgan fingerprint density at radius 2 is 1.85 bits per heavy atom. The third kappa shape index (κ3) is 3.99. The molecule has 1 aliphatic heterocycles. The molecule has 134 valence electrons. The van der Waals surface area contributed by atoms with Crippen molar-refractivity contribution < 1.29 is 9.53 Å². The number of thioether (sulfide) groups is 1. The summed E-state index contributed by atoms with van der Waals surface area (Å²) in [6, 6.07) is 13.8. The van der Waals surface area contributed by atoms with Crippen LogP contribution in [-0.4, -0.2) is 29.6 Å². The Bertz CT molecular complexity index is 885. The zero-order valence-corrected chi connectivity index (χ0v) is 16.3. The van der Waals surface area contributed by atoms with Gasteiger partial charge in [-0.15, -0.1) is 0 Å². The van der Waals surface area contributed by atoms with E-state index < -0.39 is 0 Å². The van der Waals surface area contributed by atoms with Gasteiger partial charge in [0.25, 0.3) is 5.91 Å². The summed E-state index contributed by atoms with van der Waals surface area (Å²) in [5.41, 5.74) is 4.24. The number of nitrogens with zero attached hydrogens (tertiary/aromatic N) is 2. The van der Waals surface area contributed by atoms with Crippen molar-refractivity contribution in [1.29, 1.82) is 0 Å². The maximum absolute atomic E-state index is 12.5. The standard InChI is InChI=1S/C21H22N2O2S/c1-5-25-18-10-7-16(8-11-18)13-19-20(24)23(4)21(26-19)22-17-9-6-14(2)15(3)12-17/h6-13H,5H2,1-4H3/b19-13+,22-21?. The molecule has 4 nitrogen and oxygen atoms in total. The molecule has 1 aliphatic rings. The van der Waals surface area contributed by atoms with E-state index in [-0.39, 0.29) is 5.91 Å². The van der Waals surface area contributed by atoms with Crippen molar-refractivity contribution in [2.24, 2.45) is 4.99 Å². The molecule has 0 spiro atoms. The van der Waals surface area contributed by atoms with Gasteiger partial charge in [0.2, 0.25) is 0 Å². The first-order valence-corrected chi connectivity index (χ1v) is 9.36. The first kappa shape index (κ1) is 18.3. The van der Waals surface area contributed by atoms with Gasteiger partial charge in [0, 0.05) is 7.05 Å². The molecule has 0 aliphatic carbocycles. The van der Waals surface area contributed by atoms with Gasteiger partial charge in [-0.3, -0.25) is 9.69 Å². The van der Waals surface area contributed by atoms with E-state index in [2.05, 4.69) is 18.8 Å². The van der Waals surface area contributed by atoms with Crippen LogP contribution in [0.1, 0.15) is 23.6 Å². The number of likely N-dealkylation sites (N-methyl/N-ethyl adjacent to an activating group) is 1. The molecule has 0 bridgehead atoms. The first-order chi connectivity index (χ1) is 12.5. The second-order valence-corrected chi connectivity index (χ2v) is 7.15. The maximum atomic E-state index is 12.5. The van der Waals surface area contributed by atoms with Crippen LogP contribution in [-0.2, 0) is 4.79 Å². The lowest BCUT2D eigenvalue weighted by molar-refractivity contribution is -0.121. The minimum Gasteiger partial charge on any atom is -0.494 e. The van der Waals surface area contributed by atoms with Crippen molar-refractivity contribution in [3.8, 4) is 5.75 Å². The molecule has 1 saturated heterocycles. The molecule has 2 aromatic rings. The Kier molecular flexibility index (Phi) is 5.47. The summed E-state index contributed by atoms with van der Waals surface area (Å²) in [6.07, 6.45) is 1.89. The quantitative estimate of drug-likeness (QED) is 0.720. The number of amides is 1. The van der Waals surface area contributed by atoms with Crippen molar-refractivity contribution >= 4 is 34.6 Å². The van der Waals surface area contributed by atoms with E-state index in [4.69, 9.17) is 4.74 Å². The van der Waals surface area contributed by atoms with Gasteiger partial charge >= 0.3 is 0 Å². The van der Waals surface area contributed by atoms with Gasteiger partial charge in [-0.05, 0) is 79.6 Å². The first-order valence-electron chi connectivity index (χ1n) is 8.54. The highest BCUT2D eigenvalue weighted by Crippen LogP contribution is 2.33. The average molecular weight is 366 g/mol. The number of carbonyl (C=O) groups excluding carboxylic acids is 1. The minimum atomic E-state index is -0.0357. The normalized spacial score (nSPS) is 17.4. The van der Waals surface area contributed by atoms with Gasteiger partial charge in [-0.1, -0.05) is 18.2 Å². The van der Waals surface area contributed by atoms with Gasteiger partial charge in [0.1, 0.15) is 5.75 Å². The number of benzene rings is 2. The van der Waals surface area contributed by atoms with Crippen LogP contribution in [0, 0.1) is 13.8 Å². The van der Waals surface area contributed by atoms with Gasteiger partial charge in [-0.2, -0.15) is 0 Å². The van der Waals surface area contributed by atoms with Crippen LogP contribution < -0.4 is 4.74 Å². The Labute approximate surface area is 158 Å². The maximum Gasteiger partial charge on any atom is 0.266 e. The van der Waals surface area contributed by atoms with Crippen LogP contribution in [0.2, 0.25) is 0 Å². The van der Waals surface area contributed by atoms with E-state index in [1.165, 1.54) is 22.9 Å². The highest BCUT2D eigenvalue weighted by Gasteiger charge is 2.30. The van der Waals surface area contributed by atoms with E-state index >= 15 is 0 Å². The molecule has 26 heavy (non-hydrogen) atoms. The smallest absolute Gasteiger partial charge is 0.266 e. The largest absolute Gasteiger partial charge is 0.494 e. The van der Waals surface area contributed by atoms with Crippen molar-refractivity contribution in [3.63, 3.8) is 0 Å². The Morgan fingerprint density at radius 3 is 2.50 bits per heavy atom. The van der Waals surface area contributed by atoms with Crippen LogP contribution in [0.5, 0.6) is 5.75 Å². The summed E-state index contributed by atoms with van der Waals surface area (Å²) in [7, 11) is 1.76. The molecule has 0 atom stereocenters. The SMILES string of the molecule is CCOc1ccc(/C=C2/SC(=Nc3ccc(C)c(C)c3)N(C)C2=O)cc1. The zero-order chi connectivity index (χ0) is 18.7. The van der Waals surface area contributed by atoms with Gasteiger partial charge in [0.05, 0.1) is 17.2 Å². The molecular formula is C21H22N2O2S. The molecule has 5 heteroatoms. The molecule has 1 heterocycles. The second-order valence-electron chi connectivity index (χ2n) is 6.14. The zero-order valence-electron chi connectivity index (χ0n) is 15.4. The number of amidine groups is 1. The number of aryl methyl sites for hydroxylation is 2. The summed E-state index contributed by atoms with van der Waals surface area (Å²) < 4.78 is 5.45. The summed E-state index contributed by atoms with van der Waals surface area (Å²) >= 11 is 1.40. The third-order valence-corrected chi connectivity index (χ3v) is 5.27. The summed E-state index contributed by atoms with van der Waals surface area (Å²) in [5, 5.41) is 0.690. The van der Waals surface area contributed by atoms with E-state index in [9.17, 15) is 4.79 Å². The summed E-state index contributed by atoms with van der Waals surface area (Å²) in [4.78, 5) is 19.4. The van der Waals surface area contributed by atoms with Crippen LogP contribution in [0.15, 0.2) is 52.4 Å². The molecule has 0 N–H and O–H groups in total. The Hall–Kier alpha value is -2.53. The molecule has 2 aromatic carbocycles. The lowest BCUT2D eigenvalue weighted by Gasteiger charge is -2.08. The van der Waals surface area contributed by atoms with Crippen molar-refractivity contribution in [1.82, 2.24) is 4.90 Å². The van der Waals surface area contributed by atoms with Gasteiger partial charge in [0.15, 0.2) is 5.17 Å². The van der Waals surface area contributed by atoms with Crippen LogP contribution >= 0.6 is 11.8 Å². The van der Waals surface area contributed by atoms with Crippen molar-refractivity contribution in [2.75, 3.05) is 13.7 Å². The number of hydrogen-bond donors (Lipinski definition) is 0. The lowest BCUT2D eigenvalue weighted by Crippen LogP contribution is -2.23. The topological polar surface area (TPSA) is 41.9 Å². The Balaban J connectivity index is 1.83. The molecule has 0 aromatic heterocycles. The second kappa shape index (κ2) is 7.79. The average Bonchev–Trinajstić information content (AvgIpc) is 2.88. The number of hydrogen-bond acceptors (Lipinski definition) is 4. The van der Waals surface area contributed by atoms with Crippen molar-refractivity contribution in [3.05, 3.63) is 64.1 Å². The fourth-order valence-electron chi connectivity index (χ4n) is 2.54. The fraction of sp³-hybridized carbons (Fsp3) is 0.238. The highest BCUT2D eigenvalue weighted by atomic mass is 32.2. The Morgan fingerprint density at radius 1 is 1.12 bits per heavy atom. The van der Waals surface area contributed by atoms with Gasteiger partial charge < -0.3 is 4.74 Å². The molecule has 0 radical (unpaired) electrons. The van der Waals surface area contributed by atoms with Crippen LogP contribution in [0.4, 0.5) is 5.69 Å². The van der Waals surface area contributed by atoms with Crippen LogP contribution in [0.3, 0.4) is 0 Å². The van der Waals surface area contributed by atoms with Crippen molar-refractivity contribution in [2.45, 2.75) is 20.8 Å².